The van der Waals surface area contributed by atoms with E-state index < -0.39 is 11.6 Å². The summed E-state index contributed by atoms with van der Waals surface area (Å²) in [4.78, 5) is 24.2. The molecule has 0 radical (unpaired) electrons. The highest BCUT2D eigenvalue weighted by Gasteiger charge is 2.32. The first-order valence-electron chi connectivity index (χ1n) is 6.85. The number of rotatable bonds is 4. The van der Waals surface area contributed by atoms with E-state index in [1.165, 1.54) is 0 Å². The van der Waals surface area contributed by atoms with Crippen LogP contribution in [0.5, 0.6) is 0 Å². The average Bonchev–Trinajstić information content (AvgIpc) is 2.75. The molecule has 0 aromatic carbocycles. The van der Waals surface area contributed by atoms with Crippen LogP contribution >= 0.6 is 11.8 Å². The molecule has 1 saturated heterocycles. The van der Waals surface area contributed by atoms with Gasteiger partial charge < -0.3 is 10.1 Å². The van der Waals surface area contributed by atoms with Crippen LogP contribution in [0.25, 0.3) is 0 Å². The Hall–Kier alpha value is -0.710. The zero-order chi connectivity index (χ0) is 14.6. The van der Waals surface area contributed by atoms with E-state index in [2.05, 4.69) is 5.32 Å². The first-order chi connectivity index (χ1) is 8.70. The summed E-state index contributed by atoms with van der Waals surface area (Å²) in [6.07, 6.45) is 1.97. The zero-order valence-corrected chi connectivity index (χ0v) is 13.3. The van der Waals surface area contributed by atoms with Gasteiger partial charge in [0.1, 0.15) is 11.6 Å². The number of carbonyl (C=O) groups is 2. The van der Waals surface area contributed by atoms with Gasteiger partial charge in [-0.1, -0.05) is 13.8 Å². The van der Waals surface area contributed by atoms with E-state index in [1.54, 1.807) is 11.8 Å². The van der Waals surface area contributed by atoms with Crippen LogP contribution in [0.15, 0.2) is 0 Å². The third-order valence-corrected chi connectivity index (χ3v) is 4.22. The second-order valence-corrected chi connectivity index (χ2v) is 7.58. The molecule has 1 rings (SSSR count). The maximum Gasteiger partial charge on any atom is 0.329 e. The highest BCUT2D eigenvalue weighted by atomic mass is 32.2. The predicted molar refractivity (Wildman–Crippen MR) is 78.1 cm³/mol. The molecule has 1 aliphatic rings. The lowest BCUT2D eigenvalue weighted by Gasteiger charge is -2.27. The maximum absolute atomic E-state index is 12.1. The fourth-order valence-corrected chi connectivity index (χ4v) is 3.06. The molecule has 1 aliphatic heterocycles. The monoisotopic (exact) mass is 287 g/mol. The topological polar surface area (TPSA) is 55.4 Å². The van der Waals surface area contributed by atoms with Crippen LogP contribution in [0.2, 0.25) is 0 Å². The van der Waals surface area contributed by atoms with Crippen molar-refractivity contribution < 1.29 is 14.3 Å². The number of hydrogen-bond acceptors (Lipinski definition) is 4. The summed E-state index contributed by atoms with van der Waals surface area (Å²) in [5, 5.41) is 2.84. The van der Waals surface area contributed by atoms with Gasteiger partial charge in [0, 0.05) is 0 Å². The van der Waals surface area contributed by atoms with Crippen LogP contribution in [0.3, 0.4) is 0 Å². The van der Waals surface area contributed by atoms with Crippen LogP contribution in [-0.2, 0) is 14.3 Å². The minimum atomic E-state index is -0.562. The van der Waals surface area contributed by atoms with E-state index in [0.717, 1.165) is 18.6 Å². The Kier molecular flexibility index (Phi) is 5.71. The quantitative estimate of drug-likeness (QED) is 0.807. The molecule has 0 bridgehead atoms. The van der Waals surface area contributed by atoms with E-state index in [-0.39, 0.29) is 23.0 Å². The molecule has 110 valence electrons. The van der Waals surface area contributed by atoms with Crippen molar-refractivity contribution in [3.05, 3.63) is 0 Å². The molecule has 1 amide bonds. The molecular weight excluding hydrogens is 262 g/mol. The third-order valence-electron chi connectivity index (χ3n) is 2.85. The molecule has 0 aliphatic carbocycles. The fraction of sp³-hybridized carbons (Fsp3) is 0.857. The first-order valence-corrected chi connectivity index (χ1v) is 7.90. The van der Waals surface area contributed by atoms with Gasteiger partial charge in [-0.3, -0.25) is 4.79 Å². The molecule has 0 saturated carbocycles. The molecule has 1 N–H and O–H groups in total. The summed E-state index contributed by atoms with van der Waals surface area (Å²) in [7, 11) is 0. The molecule has 19 heavy (non-hydrogen) atoms. The molecule has 0 aromatic rings. The molecule has 4 nitrogen and oxygen atoms in total. The largest absolute Gasteiger partial charge is 0.458 e. The minimum absolute atomic E-state index is 0.0105. The van der Waals surface area contributed by atoms with Crippen molar-refractivity contribution in [3.8, 4) is 0 Å². The van der Waals surface area contributed by atoms with Gasteiger partial charge >= 0.3 is 5.97 Å². The third kappa shape index (κ3) is 5.43. The SMILES string of the molecule is CC(C)[C@H](NC(=O)C1CCCS1)C(=O)OC(C)(C)C. The summed E-state index contributed by atoms with van der Waals surface area (Å²) >= 11 is 1.66. The van der Waals surface area contributed by atoms with E-state index in [0.29, 0.717) is 0 Å². The summed E-state index contributed by atoms with van der Waals surface area (Å²) in [6.45, 7) is 9.32. The first kappa shape index (κ1) is 16.3. The van der Waals surface area contributed by atoms with Gasteiger partial charge in [-0.2, -0.15) is 0 Å². The zero-order valence-electron chi connectivity index (χ0n) is 12.5. The number of thioether (sulfide) groups is 1. The number of carbonyl (C=O) groups excluding carboxylic acids is 2. The van der Waals surface area contributed by atoms with E-state index in [9.17, 15) is 9.59 Å². The van der Waals surface area contributed by atoms with E-state index in [4.69, 9.17) is 4.74 Å². The Balaban J connectivity index is 2.62. The second-order valence-electron chi connectivity index (χ2n) is 6.27. The number of hydrogen-bond donors (Lipinski definition) is 1. The second kappa shape index (κ2) is 6.64. The van der Waals surface area contributed by atoms with Gasteiger partial charge in [0.2, 0.25) is 5.91 Å². The Morgan fingerprint density at radius 3 is 2.37 bits per heavy atom. The standard InChI is InChI=1S/C14H25NO3S/c1-9(2)11(13(17)18-14(3,4)5)15-12(16)10-7-6-8-19-10/h9-11H,6-8H2,1-5H3,(H,15,16)/t10?,11-/m0/s1. The normalized spacial score (nSPS) is 21.3. The molecule has 0 spiro atoms. The molecule has 2 atom stereocenters. The molecule has 1 fully saturated rings. The summed E-state index contributed by atoms with van der Waals surface area (Å²) in [5.74, 6) is 0.660. The molecule has 1 heterocycles. The molecule has 5 heteroatoms. The van der Waals surface area contributed by atoms with E-state index in [1.807, 2.05) is 34.6 Å². The van der Waals surface area contributed by atoms with E-state index >= 15 is 0 Å². The minimum Gasteiger partial charge on any atom is -0.458 e. The van der Waals surface area contributed by atoms with Crippen LogP contribution in [0.4, 0.5) is 0 Å². The number of esters is 1. The Labute approximate surface area is 120 Å². The van der Waals surface area contributed by atoms with Crippen molar-refractivity contribution in [1.82, 2.24) is 5.32 Å². The van der Waals surface area contributed by atoms with Crippen molar-refractivity contribution >= 4 is 23.6 Å². The van der Waals surface area contributed by atoms with Crippen LogP contribution in [-0.4, -0.2) is 34.5 Å². The average molecular weight is 287 g/mol. The van der Waals surface area contributed by atoms with Gasteiger partial charge in [-0.05, 0) is 45.3 Å². The van der Waals surface area contributed by atoms with Gasteiger partial charge in [0.25, 0.3) is 0 Å². The Morgan fingerprint density at radius 2 is 1.95 bits per heavy atom. The van der Waals surface area contributed by atoms with Crippen molar-refractivity contribution in [2.24, 2.45) is 5.92 Å². The summed E-state index contributed by atoms with van der Waals surface area (Å²) in [5.41, 5.74) is -0.531. The van der Waals surface area contributed by atoms with Gasteiger partial charge in [0.15, 0.2) is 0 Å². The molecular formula is C14H25NO3S. The maximum atomic E-state index is 12.1. The van der Waals surface area contributed by atoms with Crippen LogP contribution in [0.1, 0.15) is 47.5 Å². The van der Waals surface area contributed by atoms with Crippen molar-refractivity contribution in [3.63, 3.8) is 0 Å². The lowest BCUT2D eigenvalue weighted by Crippen LogP contribution is -2.49. The van der Waals surface area contributed by atoms with Crippen LogP contribution in [0, 0.1) is 5.92 Å². The fourth-order valence-electron chi connectivity index (χ4n) is 1.89. The summed E-state index contributed by atoms with van der Waals surface area (Å²) in [6, 6.07) is -0.562. The summed E-state index contributed by atoms with van der Waals surface area (Å²) < 4.78 is 5.36. The van der Waals surface area contributed by atoms with Crippen LogP contribution < -0.4 is 5.32 Å². The number of nitrogens with one attached hydrogen (secondary N) is 1. The molecule has 1 unspecified atom stereocenters. The lowest BCUT2D eigenvalue weighted by atomic mass is 10.0. The highest BCUT2D eigenvalue weighted by molar-refractivity contribution is 8.00. The highest BCUT2D eigenvalue weighted by Crippen LogP contribution is 2.26. The number of ether oxygens (including phenoxy) is 1. The molecule has 0 aromatic heterocycles. The lowest BCUT2D eigenvalue weighted by molar-refractivity contribution is -0.159. The Bertz CT molecular complexity index is 330. The van der Waals surface area contributed by atoms with Crippen molar-refractivity contribution in [1.29, 1.82) is 0 Å². The predicted octanol–water partition coefficient (Wildman–Crippen LogP) is 2.36. The van der Waals surface area contributed by atoms with Gasteiger partial charge in [-0.25, -0.2) is 4.79 Å². The van der Waals surface area contributed by atoms with Crippen molar-refractivity contribution in [2.75, 3.05) is 5.75 Å². The number of amides is 1. The Morgan fingerprint density at radius 1 is 1.32 bits per heavy atom. The smallest absolute Gasteiger partial charge is 0.329 e. The van der Waals surface area contributed by atoms with Crippen molar-refractivity contribution in [2.45, 2.75) is 64.4 Å². The van der Waals surface area contributed by atoms with Gasteiger partial charge in [-0.15, -0.1) is 11.8 Å². The van der Waals surface area contributed by atoms with Gasteiger partial charge in [0.05, 0.1) is 5.25 Å².